The lowest BCUT2D eigenvalue weighted by molar-refractivity contribution is -0.384. The second-order valence-corrected chi connectivity index (χ2v) is 8.41. The third-order valence-corrected chi connectivity index (χ3v) is 5.51. The first-order valence-electron chi connectivity index (χ1n) is 10.0. The Morgan fingerprint density at radius 3 is 2.65 bits per heavy atom. The Morgan fingerprint density at radius 1 is 1.21 bits per heavy atom. The number of nitrogens with zero attached hydrogens (tertiary/aromatic N) is 2. The first-order valence-corrected chi connectivity index (χ1v) is 11.1. The highest BCUT2D eigenvalue weighted by Gasteiger charge is 2.15. The number of carbonyl (C=O) groups is 1. The molecule has 3 rings (SSSR count). The molecule has 9 heteroatoms. The highest BCUT2D eigenvalue weighted by molar-refractivity contribution is 14.1. The maximum atomic E-state index is 12.6. The number of non-ortho nitro benzene ring substituents is 1. The molecule has 0 aliphatic rings. The Bertz CT molecular complexity index is 1310. The van der Waals surface area contributed by atoms with Crippen LogP contribution in [0.1, 0.15) is 16.7 Å². The summed E-state index contributed by atoms with van der Waals surface area (Å²) in [6.07, 6.45) is 1.42. The van der Waals surface area contributed by atoms with Crippen molar-refractivity contribution in [1.82, 2.24) is 0 Å². The minimum Gasteiger partial charge on any atom is -0.493 e. The van der Waals surface area contributed by atoms with Crippen LogP contribution in [0.25, 0.3) is 6.08 Å². The molecule has 0 fully saturated rings. The highest BCUT2D eigenvalue weighted by atomic mass is 127. The van der Waals surface area contributed by atoms with Crippen LogP contribution < -0.4 is 14.8 Å². The SMILES string of the molecule is COc1cc(/C=C(\C#N)C(=O)Nc2cccc([N+](=O)[O-])c2)cc(I)c1OCc1cccc(C)c1. The first kappa shape index (κ1) is 24.7. The zero-order valence-corrected chi connectivity index (χ0v) is 20.5. The van der Waals surface area contributed by atoms with Crippen LogP contribution in [0.15, 0.2) is 66.2 Å². The van der Waals surface area contributed by atoms with Gasteiger partial charge in [-0.15, -0.1) is 0 Å². The fourth-order valence-electron chi connectivity index (χ4n) is 3.13. The number of amides is 1. The lowest BCUT2D eigenvalue weighted by Crippen LogP contribution is -2.13. The molecular weight excluding hydrogens is 549 g/mol. The number of anilines is 1. The molecule has 0 aromatic heterocycles. The summed E-state index contributed by atoms with van der Waals surface area (Å²) in [4.78, 5) is 23.0. The van der Waals surface area contributed by atoms with Crippen molar-refractivity contribution in [1.29, 1.82) is 5.26 Å². The number of ether oxygens (including phenoxy) is 2. The van der Waals surface area contributed by atoms with Gasteiger partial charge in [0.2, 0.25) is 0 Å². The van der Waals surface area contributed by atoms with E-state index >= 15 is 0 Å². The number of carbonyl (C=O) groups excluding carboxylic acids is 1. The highest BCUT2D eigenvalue weighted by Crippen LogP contribution is 2.35. The molecule has 3 aromatic carbocycles. The van der Waals surface area contributed by atoms with Gasteiger partial charge in [0.15, 0.2) is 11.5 Å². The predicted molar refractivity (Wildman–Crippen MR) is 137 cm³/mol. The number of methoxy groups -OCH3 is 1. The van der Waals surface area contributed by atoms with Crippen molar-refractivity contribution in [3.8, 4) is 17.6 Å². The monoisotopic (exact) mass is 569 g/mol. The van der Waals surface area contributed by atoms with E-state index in [9.17, 15) is 20.2 Å². The van der Waals surface area contributed by atoms with Gasteiger partial charge in [0, 0.05) is 17.8 Å². The molecule has 0 heterocycles. The normalized spacial score (nSPS) is 10.8. The van der Waals surface area contributed by atoms with Gasteiger partial charge >= 0.3 is 0 Å². The summed E-state index contributed by atoms with van der Waals surface area (Å²) >= 11 is 2.11. The van der Waals surface area contributed by atoms with Crippen LogP contribution >= 0.6 is 22.6 Å². The van der Waals surface area contributed by atoms with Crippen LogP contribution in [0.2, 0.25) is 0 Å². The number of benzene rings is 3. The lowest BCUT2D eigenvalue weighted by atomic mass is 10.1. The Hall–Kier alpha value is -3.91. The second-order valence-electron chi connectivity index (χ2n) is 7.24. The zero-order chi connectivity index (χ0) is 24.7. The molecule has 0 aliphatic carbocycles. The number of rotatable bonds is 8. The molecule has 8 nitrogen and oxygen atoms in total. The Balaban J connectivity index is 1.82. The van der Waals surface area contributed by atoms with Gasteiger partial charge < -0.3 is 14.8 Å². The Morgan fingerprint density at radius 2 is 1.97 bits per heavy atom. The standard InChI is InChI=1S/C25H20IN3O5/c1-16-5-3-6-17(9-16)15-34-24-22(26)11-18(12-23(24)33-2)10-19(14-27)25(30)28-20-7-4-8-21(13-20)29(31)32/h3-13H,15H2,1-2H3,(H,28,30)/b19-10+. The number of nitriles is 1. The minimum atomic E-state index is -0.684. The first-order chi connectivity index (χ1) is 16.3. The number of nitrogens with one attached hydrogen (secondary N) is 1. The summed E-state index contributed by atoms with van der Waals surface area (Å²) in [5.41, 5.74) is 2.60. The van der Waals surface area contributed by atoms with E-state index in [1.165, 1.54) is 37.5 Å². The molecule has 172 valence electrons. The smallest absolute Gasteiger partial charge is 0.271 e. The van der Waals surface area contributed by atoms with Gasteiger partial charge in [0.05, 0.1) is 15.6 Å². The lowest BCUT2D eigenvalue weighted by Gasteiger charge is -2.14. The maximum Gasteiger partial charge on any atom is 0.271 e. The fourth-order valence-corrected chi connectivity index (χ4v) is 3.91. The molecule has 0 bridgehead atoms. The molecule has 34 heavy (non-hydrogen) atoms. The summed E-state index contributed by atoms with van der Waals surface area (Å²) < 4.78 is 12.2. The maximum absolute atomic E-state index is 12.6. The van der Waals surface area contributed by atoms with Gasteiger partial charge in [-0.05, 0) is 64.9 Å². The molecule has 0 aliphatic heterocycles. The van der Waals surface area contributed by atoms with Crippen LogP contribution in [-0.4, -0.2) is 17.9 Å². The molecular formula is C25H20IN3O5. The number of halogens is 1. The molecule has 0 atom stereocenters. The number of aryl methyl sites for hydroxylation is 1. The average Bonchev–Trinajstić information content (AvgIpc) is 2.81. The van der Waals surface area contributed by atoms with Crippen molar-refractivity contribution >= 4 is 45.9 Å². The van der Waals surface area contributed by atoms with Gasteiger partial charge in [-0.2, -0.15) is 5.26 Å². The molecule has 0 saturated carbocycles. The van der Waals surface area contributed by atoms with E-state index in [0.717, 1.165) is 14.7 Å². The molecule has 1 amide bonds. The van der Waals surface area contributed by atoms with E-state index in [1.54, 1.807) is 12.1 Å². The van der Waals surface area contributed by atoms with E-state index in [-0.39, 0.29) is 16.9 Å². The minimum absolute atomic E-state index is 0.166. The van der Waals surface area contributed by atoms with Crippen molar-refractivity contribution in [3.63, 3.8) is 0 Å². The van der Waals surface area contributed by atoms with Gasteiger partial charge in [0.25, 0.3) is 11.6 Å². The molecule has 0 radical (unpaired) electrons. The second kappa shape index (κ2) is 11.3. The summed E-state index contributed by atoms with van der Waals surface area (Å²) in [5.74, 6) is 0.334. The largest absolute Gasteiger partial charge is 0.493 e. The molecule has 1 N–H and O–H groups in total. The number of nitro groups is 1. The molecule has 3 aromatic rings. The topological polar surface area (TPSA) is 114 Å². The van der Waals surface area contributed by atoms with Crippen molar-refractivity contribution < 1.29 is 19.2 Å². The summed E-state index contributed by atoms with van der Waals surface area (Å²) in [6, 6.07) is 18.8. The van der Waals surface area contributed by atoms with Crippen molar-refractivity contribution in [2.24, 2.45) is 0 Å². The van der Waals surface area contributed by atoms with Gasteiger partial charge in [-0.3, -0.25) is 14.9 Å². The van der Waals surface area contributed by atoms with Crippen molar-refractivity contribution in [2.75, 3.05) is 12.4 Å². The quantitative estimate of drug-likeness (QED) is 0.124. The van der Waals surface area contributed by atoms with E-state index < -0.39 is 10.8 Å². The van der Waals surface area contributed by atoms with Crippen LogP contribution in [0.3, 0.4) is 0 Å². The van der Waals surface area contributed by atoms with Crippen LogP contribution in [0.5, 0.6) is 11.5 Å². The molecule has 0 saturated heterocycles. The van der Waals surface area contributed by atoms with E-state index in [4.69, 9.17) is 9.47 Å². The summed E-state index contributed by atoms with van der Waals surface area (Å²) in [7, 11) is 1.51. The number of nitro benzene ring substituents is 1. The van der Waals surface area contributed by atoms with Gasteiger partial charge in [-0.1, -0.05) is 35.9 Å². The third-order valence-electron chi connectivity index (χ3n) is 4.71. The van der Waals surface area contributed by atoms with Crippen molar-refractivity contribution in [2.45, 2.75) is 13.5 Å². The Labute approximate surface area is 210 Å². The van der Waals surface area contributed by atoms with Crippen molar-refractivity contribution in [3.05, 3.63) is 96.6 Å². The van der Waals surface area contributed by atoms with Crippen LogP contribution in [-0.2, 0) is 11.4 Å². The van der Waals surface area contributed by atoms with E-state index in [1.807, 2.05) is 37.3 Å². The van der Waals surface area contributed by atoms with Crippen LogP contribution in [0.4, 0.5) is 11.4 Å². The van der Waals surface area contributed by atoms with Gasteiger partial charge in [0.1, 0.15) is 18.2 Å². The van der Waals surface area contributed by atoms with E-state index in [2.05, 4.69) is 27.9 Å². The fraction of sp³-hybridized carbons (Fsp3) is 0.120. The third kappa shape index (κ3) is 6.32. The molecule has 0 unspecified atom stereocenters. The average molecular weight is 569 g/mol. The van der Waals surface area contributed by atoms with E-state index in [0.29, 0.717) is 23.7 Å². The van der Waals surface area contributed by atoms with Gasteiger partial charge in [-0.25, -0.2) is 0 Å². The summed E-state index contributed by atoms with van der Waals surface area (Å²) in [5, 5.41) is 23.0. The number of hydrogen-bond donors (Lipinski definition) is 1. The predicted octanol–water partition coefficient (Wildman–Crippen LogP) is 5.64. The molecule has 0 spiro atoms. The zero-order valence-electron chi connectivity index (χ0n) is 18.4. The number of hydrogen-bond acceptors (Lipinski definition) is 6. The van der Waals surface area contributed by atoms with Crippen LogP contribution in [0, 0.1) is 31.9 Å². The summed E-state index contributed by atoms with van der Waals surface area (Å²) in [6.45, 7) is 2.37. The Kier molecular flexibility index (Phi) is 8.21.